The lowest BCUT2D eigenvalue weighted by atomic mass is 10.2. The van der Waals surface area contributed by atoms with Crippen LogP contribution in [0, 0.1) is 0 Å². The van der Waals surface area contributed by atoms with Crippen LogP contribution in [-0.4, -0.2) is 45.3 Å². The van der Waals surface area contributed by atoms with Gasteiger partial charge < -0.3 is 4.90 Å². The first-order chi connectivity index (χ1) is 8.77. The molecule has 5 nitrogen and oxygen atoms in total. The van der Waals surface area contributed by atoms with E-state index in [1.54, 1.807) is 23.1 Å². The summed E-state index contributed by atoms with van der Waals surface area (Å²) >= 11 is 1.85. The first-order valence-electron chi connectivity index (χ1n) is 5.84. The molecule has 1 saturated heterocycles. The van der Waals surface area contributed by atoms with Crippen molar-refractivity contribution in [1.29, 1.82) is 0 Å². The molecule has 18 heavy (non-hydrogen) atoms. The number of para-hydroxylation sites is 1. The van der Waals surface area contributed by atoms with Crippen LogP contribution in [0.2, 0.25) is 0 Å². The number of aromatic amines is 1. The van der Waals surface area contributed by atoms with Crippen molar-refractivity contribution in [2.45, 2.75) is 0 Å². The van der Waals surface area contributed by atoms with Gasteiger partial charge in [-0.05, 0) is 12.1 Å². The third kappa shape index (κ3) is 1.82. The van der Waals surface area contributed by atoms with Gasteiger partial charge in [-0.15, -0.1) is 0 Å². The monoisotopic (exact) mass is 263 g/mol. The van der Waals surface area contributed by atoms with Crippen molar-refractivity contribution in [1.82, 2.24) is 14.7 Å². The number of aromatic nitrogens is 2. The number of benzene rings is 1. The normalized spacial score (nSPS) is 16.1. The Morgan fingerprint density at radius 3 is 2.72 bits per heavy atom. The Kier molecular flexibility index (Phi) is 2.87. The highest BCUT2D eigenvalue weighted by atomic mass is 32.2. The van der Waals surface area contributed by atoms with Crippen LogP contribution >= 0.6 is 11.8 Å². The summed E-state index contributed by atoms with van der Waals surface area (Å²) in [4.78, 5) is 25.8. The van der Waals surface area contributed by atoms with Gasteiger partial charge in [0.2, 0.25) is 0 Å². The fourth-order valence-corrected chi connectivity index (χ4v) is 3.03. The molecule has 1 fully saturated rings. The van der Waals surface area contributed by atoms with Crippen LogP contribution in [0.1, 0.15) is 0 Å². The summed E-state index contributed by atoms with van der Waals surface area (Å²) in [5.41, 5.74) is 0.427. The molecule has 0 bridgehead atoms. The first kappa shape index (κ1) is 11.4. The zero-order valence-electron chi connectivity index (χ0n) is 9.76. The Labute approximate surface area is 108 Å². The van der Waals surface area contributed by atoms with Crippen LogP contribution in [0.25, 0.3) is 10.9 Å². The molecule has 94 valence electrons. The minimum atomic E-state index is -0.217. The lowest BCUT2D eigenvalue weighted by Gasteiger charge is -2.26. The number of rotatable bonds is 0. The van der Waals surface area contributed by atoms with E-state index in [4.69, 9.17) is 0 Å². The molecule has 6 heteroatoms. The van der Waals surface area contributed by atoms with Gasteiger partial charge in [-0.3, -0.25) is 9.89 Å². The molecule has 1 aliphatic heterocycles. The van der Waals surface area contributed by atoms with Crippen LogP contribution in [0.4, 0.5) is 4.79 Å². The van der Waals surface area contributed by atoms with E-state index in [2.05, 4.69) is 5.10 Å². The van der Waals surface area contributed by atoms with E-state index in [1.165, 1.54) is 4.68 Å². The van der Waals surface area contributed by atoms with E-state index in [1.807, 2.05) is 17.8 Å². The third-order valence-electron chi connectivity index (χ3n) is 3.08. The van der Waals surface area contributed by atoms with Crippen molar-refractivity contribution in [2.75, 3.05) is 24.6 Å². The van der Waals surface area contributed by atoms with Gasteiger partial charge in [-0.25, -0.2) is 9.48 Å². The molecule has 0 aliphatic carbocycles. The molecule has 1 aliphatic rings. The number of H-pyrrole nitrogens is 1. The second-order valence-corrected chi connectivity index (χ2v) is 5.40. The van der Waals surface area contributed by atoms with E-state index in [-0.39, 0.29) is 11.6 Å². The zero-order chi connectivity index (χ0) is 12.5. The summed E-state index contributed by atoms with van der Waals surface area (Å²) in [6.07, 6.45) is 0. The Balaban J connectivity index is 2.03. The van der Waals surface area contributed by atoms with E-state index >= 15 is 0 Å². The molecule has 0 atom stereocenters. The van der Waals surface area contributed by atoms with Crippen molar-refractivity contribution in [3.05, 3.63) is 34.6 Å². The molecule has 2 heterocycles. The maximum atomic E-state index is 12.3. The minimum Gasteiger partial charge on any atom is -0.321 e. The number of hydrogen-bond acceptors (Lipinski definition) is 3. The number of nitrogens with one attached hydrogen (secondary N) is 1. The van der Waals surface area contributed by atoms with Crippen LogP contribution in [0.5, 0.6) is 0 Å². The fraction of sp³-hybridized carbons (Fsp3) is 0.333. The smallest absolute Gasteiger partial charge is 0.321 e. The highest BCUT2D eigenvalue weighted by Gasteiger charge is 2.20. The predicted molar refractivity (Wildman–Crippen MR) is 72.3 cm³/mol. The molecule has 1 aromatic carbocycles. The predicted octanol–water partition coefficient (Wildman–Crippen LogP) is 1.35. The number of thioether (sulfide) groups is 1. The summed E-state index contributed by atoms with van der Waals surface area (Å²) in [6.45, 7) is 1.47. The van der Waals surface area contributed by atoms with E-state index in [0.717, 1.165) is 24.6 Å². The van der Waals surface area contributed by atoms with Gasteiger partial charge >= 0.3 is 6.03 Å². The summed E-state index contributed by atoms with van der Waals surface area (Å²) in [5.74, 6) is 1.91. The number of nitrogens with zero attached hydrogens (tertiary/aromatic N) is 2. The van der Waals surface area contributed by atoms with Gasteiger partial charge in [-0.2, -0.15) is 11.8 Å². The fourth-order valence-electron chi connectivity index (χ4n) is 2.13. The molecule has 3 rings (SSSR count). The highest BCUT2D eigenvalue weighted by Crippen LogP contribution is 2.13. The van der Waals surface area contributed by atoms with Gasteiger partial charge in [0.05, 0.1) is 10.9 Å². The van der Waals surface area contributed by atoms with E-state index in [0.29, 0.717) is 10.9 Å². The van der Waals surface area contributed by atoms with E-state index < -0.39 is 0 Å². The molecule has 0 radical (unpaired) electrons. The molecular formula is C12H13N3O2S. The van der Waals surface area contributed by atoms with Crippen LogP contribution in [0.15, 0.2) is 29.1 Å². The van der Waals surface area contributed by atoms with Crippen LogP contribution in [-0.2, 0) is 0 Å². The molecule has 1 N–H and O–H groups in total. The Hall–Kier alpha value is -1.69. The lowest BCUT2D eigenvalue weighted by molar-refractivity contribution is 0.202. The molecule has 1 aromatic heterocycles. The second kappa shape index (κ2) is 4.53. The SMILES string of the molecule is O=C(N1CCSCC1)n1[nH]c(=O)c2ccccc21. The highest BCUT2D eigenvalue weighted by molar-refractivity contribution is 7.99. The summed E-state index contributed by atoms with van der Waals surface area (Å²) in [7, 11) is 0. The maximum absolute atomic E-state index is 12.3. The average molecular weight is 263 g/mol. The largest absolute Gasteiger partial charge is 0.343 e. The molecule has 0 spiro atoms. The molecular weight excluding hydrogens is 250 g/mol. The number of carbonyl (C=O) groups is 1. The van der Waals surface area contributed by atoms with Gasteiger partial charge in [0.1, 0.15) is 0 Å². The van der Waals surface area contributed by atoms with E-state index in [9.17, 15) is 9.59 Å². The molecule has 1 amide bonds. The van der Waals surface area contributed by atoms with Gasteiger partial charge in [-0.1, -0.05) is 12.1 Å². The Morgan fingerprint density at radius 2 is 1.94 bits per heavy atom. The van der Waals surface area contributed by atoms with Crippen LogP contribution < -0.4 is 5.56 Å². The maximum Gasteiger partial charge on any atom is 0.343 e. The number of hydrogen-bond donors (Lipinski definition) is 1. The second-order valence-electron chi connectivity index (χ2n) is 4.18. The number of fused-ring (bicyclic) bond motifs is 1. The first-order valence-corrected chi connectivity index (χ1v) is 6.99. The van der Waals surface area contributed by atoms with Gasteiger partial charge in [0.25, 0.3) is 5.56 Å². The van der Waals surface area contributed by atoms with Crippen molar-refractivity contribution < 1.29 is 4.79 Å². The van der Waals surface area contributed by atoms with Crippen molar-refractivity contribution in [3.63, 3.8) is 0 Å². The van der Waals surface area contributed by atoms with Crippen LogP contribution in [0.3, 0.4) is 0 Å². The number of amides is 1. The quantitative estimate of drug-likeness (QED) is 0.780. The minimum absolute atomic E-state index is 0.145. The summed E-state index contributed by atoms with van der Waals surface area (Å²) in [6, 6.07) is 6.98. The Bertz CT molecular complexity index is 640. The van der Waals surface area contributed by atoms with Crippen molar-refractivity contribution >= 4 is 28.7 Å². The average Bonchev–Trinajstić information content (AvgIpc) is 2.77. The molecule has 0 saturated carbocycles. The standard InChI is InChI=1S/C12H13N3O2S/c16-11-9-3-1-2-4-10(9)15(13-11)12(17)14-5-7-18-8-6-14/h1-4H,5-8H2,(H,13,16). The Morgan fingerprint density at radius 1 is 1.22 bits per heavy atom. The van der Waals surface area contributed by atoms with Gasteiger partial charge in [0, 0.05) is 24.6 Å². The zero-order valence-corrected chi connectivity index (χ0v) is 10.6. The molecule has 2 aromatic rings. The van der Waals surface area contributed by atoms with Crippen molar-refractivity contribution in [3.8, 4) is 0 Å². The number of carbonyl (C=O) groups excluding carboxylic acids is 1. The summed E-state index contributed by atoms with van der Waals surface area (Å²) in [5, 5.41) is 3.17. The third-order valence-corrected chi connectivity index (χ3v) is 4.02. The topological polar surface area (TPSA) is 58.1 Å². The summed E-state index contributed by atoms with van der Waals surface area (Å²) < 4.78 is 1.35. The van der Waals surface area contributed by atoms with Gasteiger partial charge in [0.15, 0.2) is 0 Å². The molecule has 0 unspecified atom stereocenters. The van der Waals surface area contributed by atoms with Crippen molar-refractivity contribution in [2.24, 2.45) is 0 Å². The lowest BCUT2D eigenvalue weighted by Crippen LogP contribution is -2.41.